The molecule has 1 aliphatic carbocycles. The molecule has 0 saturated carbocycles. The zero-order valence-corrected chi connectivity index (χ0v) is 10.3. The lowest BCUT2D eigenvalue weighted by atomic mass is 9.90. The molecule has 1 N–H and O–H groups in total. The van der Waals surface area contributed by atoms with Gasteiger partial charge < -0.3 is 9.84 Å². The van der Waals surface area contributed by atoms with Crippen LogP contribution in [0.2, 0.25) is 0 Å². The van der Waals surface area contributed by atoms with Crippen molar-refractivity contribution in [2.75, 3.05) is 6.61 Å². The summed E-state index contributed by atoms with van der Waals surface area (Å²) in [5.41, 5.74) is 1.15. The van der Waals surface area contributed by atoms with Crippen molar-refractivity contribution in [1.29, 1.82) is 0 Å². The highest BCUT2D eigenvalue weighted by molar-refractivity contribution is 5.91. The Morgan fingerprint density at radius 1 is 1.22 bits per heavy atom. The number of ether oxygens (including phenoxy) is 1. The fourth-order valence-corrected chi connectivity index (χ4v) is 2.17. The molecule has 0 aromatic heterocycles. The van der Waals surface area contributed by atoms with E-state index in [1.54, 1.807) is 0 Å². The molecule has 0 fully saturated rings. The maximum absolute atomic E-state index is 11.3. The summed E-state index contributed by atoms with van der Waals surface area (Å²) in [6.07, 6.45) is 3.27. The van der Waals surface area contributed by atoms with Gasteiger partial charge in [-0.3, -0.25) is 4.79 Å². The van der Waals surface area contributed by atoms with Crippen LogP contribution in [0.5, 0.6) is 0 Å². The quantitative estimate of drug-likeness (QED) is 0.812. The maximum Gasteiger partial charge on any atom is 0.159 e. The number of allylic oxidation sites excluding steroid dienone is 2. The van der Waals surface area contributed by atoms with E-state index >= 15 is 0 Å². The van der Waals surface area contributed by atoms with E-state index in [0.29, 0.717) is 26.1 Å². The number of hydrogen-bond acceptors (Lipinski definition) is 3. The first kappa shape index (κ1) is 12.8. The molecule has 1 aliphatic rings. The fraction of sp³-hybridized carbons (Fsp3) is 0.400. The molecule has 0 heterocycles. The number of ketones is 1. The number of rotatable bonds is 5. The highest BCUT2D eigenvalue weighted by Gasteiger charge is 2.19. The second-order valence-corrected chi connectivity index (χ2v) is 4.70. The van der Waals surface area contributed by atoms with E-state index in [2.05, 4.69) is 0 Å². The van der Waals surface area contributed by atoms with E-state index in [1.807, 2.05) is 30.3 Å². The molecule has 0 aliphatic heterocycles. The number of benzene rings is 1. The van der Waals surface area contributed by atoms with Crippen molar-refractivity contribution in [2.24, 2.45) is 5.92 Å². The van der Waals surface area contributed by atoms with Gasteiger partial charge in [-0.15, -0.1) is 0 Å². The minimum atomic E-state index is 0.0202. The third-order valence-electron chi connectivity index (χ3n) is 3.10. The zero-order valence-electron chi connectivity index (χ0n) is 10.3. The van der Waals surface area contributed by atoms with Gasteiger partial charge in [0.05, 0.1) is 12.4 Å². The van der Waals surface area contributed by atoms with Crippen molar-refractivity contribution in [3.05, 3.63) is 47.7 Å². The Kier molecular flexibility index (Phi) is 4.53. The molecule has 3 nitrogen and oxygen atoms in total. The summed E-state index contributed by atoms with van der Waals surface area (Å²) in [6, 6.07) is 10.0. The van der Waals surface area contributed by atoms with Crippen LogP contribution in [0.15, 0.2) is 42.2 Å². The summed E-state index contributed by atoms with van der Waals surface area (Å²) in [6.45, 7) is 1.23. The molecule has 1 aromatic rings. The lowest BCUT2D eigenvalue weighted by Gasteiger charge is -2.18. The molecule has 0 radical (unpaired) electrons. The van der Waals surface area contributed by atoms with Crippen molar-refractivity contribution in [1.82, 2.24) is 0 Å². The average Bonchev–Trinajstić information content (AvgIpc) is 2.35. The average molecular weight is 246 g/mol. The summed E-state index contributed by atoms with van der Waals surface area (Å²) in [5.74, 6) is 0.449. The molecule has 18 heavy (non-hydrogen) atoms. The van der Waals surface area contributed by atoms with Gasteiger partial charge in [0.25, 0.3) is 0 Å². The topological polar surface area (TPSA) is 46.5 Å². The number of carbonyl (C=O) groups excluding carboxylic acids is 1. The normalized spacial score (nSPS) is 19.7. The Morgan fingerprint density at radius 3 is 2.72 bits per heavy atom. The Morgan fingerprint density at radius 2 is 2.00 bits per heavy atom. The van der Waals surface area contributed by atoms with Gasteiger partial charge in [-0.1, -0.05) is 30.3 Å². The van der Waals surface area contributed by atoms with Crippen LogP contribution in [0, 0.1) is 5.92 Å². The third kappa shape index (κ3) is 4.00. The maximum atomic E-state index is 11.3. The molecule has 3 heteroatoms. The molecule has 2 rings (SSSR count). The first-order valence-electron chi connectivity index (χ1n) is 6.28. The number of hydrogen-bond donors (Lipinski definition) is 1. The summed E-state index contributed by atoms with van der Waals surface area (Å²) in [7, 11) is 0. The number of carbonyl (C=O) groups is 1. The first-order chi connectivity index (χ1) is 8.74. The Balaban J connectivity index is 1.67. The van der Waals surface area contributed by atoms with Gasteiger partial charge in [-0.25, -0.2) is 0 Å². The fourth-order valence-electron chi connectivity index (χ4n) is 2.17. The Labute approximate surface area is 107 Å². The summed E-state index contributed by atoms with van der Waals surface area (Å²) in [5, 5.41) is 9.38. The largest absolute Gasteiger partial charge is 0.512 e. The molecule has 96 valence electrons. The molecule has 1 atom stereocenters. The molecule has 0 bridgehead atoms. The van der Waals surface area contributed by atoms with Crippen LogP contribution < -0.4 is 0 Å². The van der Waals surface area contributed by atoms with Crippen molar-refractivity contribution in [2.45, 2.75) is 25.9 Å². The van der Waals surface area contributed by atoms with Crippen LogP contribution in [0.1, 0.15) is 24.8 Å². The van der Waals surface area contributed by atoms with Gasteiger partial charge in [0, 0.05) is 25.5 Å². The summed E-state index contributed by atoms with van der Waals surface area (Å²) in [4.78, 5) is 11.3. The second kappa shape index (κ2) is 6.36. The van der Waals surface area contributed by atoms with Crippen LogP contribution in [0.3, 0.4) is 0 Å². The minimum Gasteiger partial charge on any atom is -0.512 e. The predicted octanol–water partition coefficient (Wildman–Crippen LogP) is 3.01. The Hall–Kier alpha value is -1.61. The molecule has 1 unspecified atom stereocenters. The standard InChI is InChI=1S/C15H18O3/c16-14-8-13(9-15(17)10-14)6-7-18-11-12-4-2-1-3-5-12/h1-5,10,13,16H,6-9,11H2. The van der Waals surface area contributed by atoms with Crippen molar-refractivity contribution < 1.29 is 14.6 Å². The zero-order chi connectivity index (χ0) is 12.8. The van der Waals surface area contributed by atoms with Gasteiger partial charge in [-0.05, 0) is 17.9 Å². The minimum absolute atomic E-state index is 0.0202. The molecule has 0 saturated heterocycles. The number of aliphatic hydroxyl groups is 1. The highest BCUT2D eigenvalue weighted by atomic mass is 16.5. The van der Waals surface area contributed by atoms with Crippen LogP contribution in [-0.2, 0) is 16.1 Å². The van der Waals surface area contributed by atoms with Crippen molar-refractivity contribution >= 4 is 5.78 Å². The van der Waals surface area contributed by atoms with E-state index in [1.165, 1.54) is 6.08 Å². The van der Waals surface area contributed by atoms with E-state index in [9.17, 15) is 9.90 Å². The molecule has 0 amide bonds. The molecule has 0 spiro atoms. The number of aliphatic hydroxyl groups excluding tert-OH is 1. The monoisotopic (exact) mass is 246 g/mol. The van der Waals surface area contributed by atoms with E-state index in [-0.39, 0.29) is 17.5 Å². The second-order valence-electron chi connectivity index (χ2n) is 4.70. The SMILES string of the molecule is O=C1C=C(O)CC(CCOCc2ccccc2)C1. The summed E-state index contributed by atoms with van der Waals surface area (Å²) >= 11 is 0. The predicted molar refractivity (Wildman–Crippen MR) is 69.2 cm³/mol. The van der Waals surface area contributed by atoms with E-state index < -0.39 is 0 Å². The van der Waals surface area contributed by atoms with Crippen LogP contribution in [-0.4, -0.2) is 17.5 Å². The van der Waals surface area contributed by atoms with Crippen molar-refractivity contribution in [3.8, 4) is 0 Å². The first-order valence-corrected chi connectivity index (χ1v) is 6.28. The van der Waals surface area contributed by atoms with Crippen LogP contribution in [0.25, 0.3) is 0 Å². The van der Waals surface area contributed by atoms with Crippen LogP contribution in [0.4, 0.5) is 0 Å². The lowest BCUT2D eigenvalue weighted by molar-refractivity contribution is -0.116. The van der Waals surface area contributed by atoms with Gasteiger partial charge in [0.1, 0.15) is 0 Å². The Bertz CT molecular complexity index is 423. The van der Waals surface area contributed by atoms with Gasteiger partial charge in [0.2, 0.25) is 0 Å². The van der Waals surface area contributed by atoms with Gasteiger partial charge in [-0.2, -0.15) is 0 Å². The smallest absolute Gasteiger partial charge is 0.159 e. The van der Waals surface area contributed by atoms with Gasteiger partial charge in [0.15, 0.2) is 5.78 Å². The van der Waals surface area contributed by atoms with Crippen LogP contribution >= 0.6 is 0 Å². The van der Waals surface area contributed by atoms with Crippen molar-refractivity contribution in [3.63, 3.8) is 0 Å². The van der Waals surface area contributed by atoms with E-state index in [0.717, 1.165) is 12.0 Å². The highest BCUT2D eigenvalue weighted by Crippen LogP contribution is 2.23. The van der Waals surface area contributed by atoms with Gasteiger partial charge >= 0.3 is 0 Å². The molecule has 1 aromatic carbocycles. The third-order valence-corrected chi connectivity index (χ3v) is 3.10. The summed E-state index contributed by atoms with van der Waals surface area (Å²) < 4.78 is 5.58. The molecular formula is C15H18O3. The molecular weight excluding hydrogens is 228 g/mol. The van der Waals surface area contributed by atoms with E-state index in [4.69, 9.17) is 4.74 Å². The lowest BCUT2D eigenvalue weighted by Crippen LogP contribution is -2.16.